The van der Waals surface area contributed by atoms with Crippen molar-refractivity contribution in [3.05, 3.63) is 11.8 Å². The first kappa shape index (κ1) is 13.9. The van der Waals surface area contributed by atoms with Gasteiger partial charge in [-0.25, -0.2) is 0 Å². The van der Waals surface area contributed by atoms with Gasteiger partial charge in [0.05, 0.1) is 8.80 Å². The predicted molar refractivity (Wildman–Crippen MR) is 66.0 cm³/mol. The number of allylic oxidation sites excluding steroid dienone is 1. The van der Waals surface area contributed by atoms with Crippen LogP contribution in [0, 0.1) is 5.92 Å². The Morgan fingerprint density at radius 1 is 1.21 bits per heavy atom. The molecule has 0 aromatic heterocycles. The largest absolute Gasteiger partial charge is 0.396 e. The standard InChI is InChI=1S/C12H25OSi/c1-4-5-6-7-12(8-10-13)9-11-14(2)3/h9,11-13H,4-8,10H2,1-3H3/b11-9-. The summed E-state index contributed by atoms with van der Waals surface area (Å²) in [6, 6.07) is 0. The van der Waals surface area contributed by atoms with Gasteiger partial charge in [-0.1, -0.05) is 45.4 Å². The van der Waals surface area contributed by atoms with Crippen LogP contribution in [-0.4, -0.2) is 20.5 Å². The van der Waals surface area contributed by atoms with E-state index in [1.54, 1.807) is 0 Å². The molecule has 0 bridgehead atoms. The van der Waals surface area contributed by atoms with E-state index in [-0.39, 0.29) is 8.80 Å². The third-order valence-electron chi connectivity index (χ3n) is 2.38. The molecule has 0 aliphatic rings. The second-order valence-corrected chi connectivity index (χ2v) is 6.69. The molecule has 0 spiro atoms. The highest BCUT2D eigenvalue weighted by atomic mass is 28.3. The first-order chi connectivity index (χ1) is 6.70. The second-order valence-electron chi connectivity index (χ2n) is 4.20. The van der Waals surface area contributed by atoms with Crippen LogP contribution in [0.5, 0.6) is 0 Å². The van der Waals surface area contributed by atoms with E-state index in [9.17, 15) is 0 Å². The lowest BCUT2D eigenvalue weighted by Crippen LogP contribution is -2.02. The van der Waals surface area contributed by atoms with Crippen molar-refractivity contribution in [2.45, 2.75) is 52.1 Å². The highest BCUT2D eigenvalue weighted by Crippen LogP contribution is 2.15. The van der Waals surface area contributed by atoms with Crippen LogP contribution in [0.3, 0.4) is 0 Å². The van der Waals surface area contributed by atoms with Gasteiger partial charge in [0, 0.05) is 6.61 Å². The Labute approximate surface area is 90.8 Å². The first-order valence-corrected chi connectivity index (χ1v) is 8.37. The Hall–Kier alpha value is -0.0831. The maximum absolute atomic E-state index is 8.93. The maximum atomic E-state index is 8.93. The van der Waals surface area contributed by atoms with Crippen molar-refractivity contribution in [1.29, 1.82) is 0 Å². The fourth-order valence-corrected chi connectivity index (χ4v) is 2.14. The van der Waals surface area contributed by atoms with Gasteiger partial charge in [-0.15, -0.1) is 5.70 Å². The molecule has 0 fully saturated rings. The van der Waals surface area contributed by atoms with Crippen molar-refractivity contribution in [2.75, 3.05) is 6.61 Å². The molecule has 0 saturated heterocycles. The van der Waals surface area contributed by atoms with Crippen molar-refractivity contribution < 1.29 is 5.11 Å². The van der Waals surface area contributed by atoms with E-state index in [4.69, 9.17) is 5.11 Å². The SMILES string of the molecule is CCCCCC(/C=C\[Si](C)C)CCO. The average molecular weight is 213 g/mol. The van der Waals surface area contributed by atoms with E-state index >= 15 is 0 Å². The molecule has 83 valence electrons. The van der Waals surface area contributed by atoms with Crippen LogP contribution in [0.4, 0.5) is 0 Å². The van der Waals surface area contributed by atoms with E-state index in [1.165, 1.54) is 25.7 Å². The Morgan fingerprint density at radius 2 is 1.93 bits per heavy atom. The minimum atomic E-state index is -0.240. The third kappa shape index (κ3) is 8.51. The minimum absolute atomic E-state index is 0.240. The fourth-order valence-electron chi connectivity index (χ4n) is 1.49. The summed E-state index contributed by atoms with van der Waals surface area (Å²) in [5, 5.41) is 8.93. The van der Waals surface area contributed by atoms with E-state index < -0.39 is 0 Å². The summed E-state index contributed by atoms with van der Waals surface area (Å²) in [5.41, 5.74) is 2.36. The lowest BCUT2D eigenvalue weighted by atomic mass is 9.98. The molecular formula is C12H25OSi. The Balaban J connectivity index is 3.76. The van der Waals surface area contributed by atoms with Gasteiger partial charge in [0.1, 0.15) is 0 Å². The number of aliphatic hydroxyl groups excluding tert-OH is 1. The highest BCUT2D eigenvalue weighted by molar-refractivity contribution is 6.61. The highest BCUT2D eigenvalue weighted by Gasteiger charge is 2.03. The summed E-state index contributed by atoms with van der Waals surface area (Å²) in [5.74, 6) is 0.617. The van der Waals surface area contributed by atoms with E-state index in [2.05, 4.69) is 31.8 Å². The first-order valence-electron chi connectivity index (χ1n) is 5.80. The van der Waals surface area contributed by atoms with Crippen molar-refractivity contribution in [2.24, 2.45) is 5.92 Å². The van der Waals surface area contributed by atoms with Crippen LogP contribution >= 0.6 is 0 Å². The summed E-state index contributed by atoms with van der Waals surface area (Å²) >= 11 is 0. The van der Waals surface area contributed by atoms with Gasteiger partial charge in [-0.3, -0.25) is 0 Å². The van der Waals surface area contributed by atoms with Gasteiger partial charge < -0.3 is 5.11 Å². The maximum Gasteiger partial charge on any atom is 0.0688 e. The van der Waals surface area contributed by atoms with Gasteiger partial charge in [0.15, 0.2) is 0 Å². The van der Waals surface area contributed by atoms with Crippen LogP contribution < -0.4 is 0 Å². The van der Waals surface area contributed by atoms with Crippen LogP contribution in [0.15, 0.2) is 11.8 Å². The molecule has 1 unspecified atom stereocenters. The van der Waals surface area contributed by atoms with Crippen LogP contribution in [0.2, 0.25) is 13.1 Å². The number of hydrogen-bond donors (Lipinski definition) is 1. The number of unbranched alkanes of at least 4 members (excludes halogenated alkanes) is 2. The molecule has 0 aromatic carbocycles. The topological polar surface area (TPSA) is 20.2 Å². The molecule has 0 aromatic rings. The third-order valence-corrected chi connectivity index (χ3v) is 3.24. The summed E-state index contributed by atoms with van der Waals surface area (Å²) in [6.07, 6.45) is 8.44. The Bertz CT molecular complexity index is 143. The van der Waals surface area contributed by atoms with Gasteiger partial charge in [0.25, 0.3) is 0 Å². The lowest BCUT2D eigenvalue weighted by molar-refractivity contribution is 0.265. The number of aliphatic hydroxyl groups is 1. The van der Waals surface area contributed by atoms with E-state index in [0.29, 0.717) is 12.5 Å². The van der Waals surface area contributed by atoms with Crippen molar-refractivity contribution in [3.63, 3.8) is 0 Å². The molecule has 2 heteroatoms. The Kier molecular flexibility index (Phi) is 9.41. The molecule has 0 aliphatic heterocycles. The van der Waals surface area contributed by atoms with Gasteiger partial charge in [-0.2, -0.15) is 0 Å². The van der Waals surface area contributed by atoms with E-state index in [1.807, 2.05) is 0 Å². The average Bonchev–Trinajstić information content (AvgIpc) is 2.14. The summed E-state index contributed by atoms with van der Waals surface area (Å²) in [7, 11) is -0.240. The second kappa shape index (κ2) is 9.47. The zero-order chi connectivity index (χ0) is 10.8. The molecule has 1 atom stereocenters. The summed E-state index contributed by atoms with van der Waals surface area (Å²) in [4.78, 5) is 0. The summed E-state index contributed by atoms with van der Waals surface area (Å²) in [6.45, 7) is 7.15. The predicted octanol–water partition coefficient (Wildman–Crippen LogP) is 3.42. The lowest BCUT2D eigenvalue weighted by Gasteiger charge is -2.10. The van der Waals surface area contributed by atoms with Gasteiger partial charge in [0.2, 0.25) is 0 Å². The molecular weight excluding hydrogens is 188 g/mol. The van der Waals surface area contributed by atoms with E-state index in [0.717, 1.165) is 6.42 Å². The molecule has 0 amide bonds. The zero-order valence-electron chi connectivity index (χ0n) is 9.92. The van der Waals surface area contributed by atoms with Crippen LogP contribution in [-0.2, 0) is 0 Å². The molecule has 0 heterocycles. The quantitative estimate of drug-likeness (QED) is 0.484. The summed E-state index contributed by atoms with van der Waals surface area (Å²) < 4.78 is 0. The molecule has 1 radical (unpaired) electrons. The smallest absolute Gasteiger partial charge is 0.0688 e. The van der Waals surface area contributed by atoms with Crippen molar-refractivity contribution >= 4 is 8.80 Å². The molecule has 0 rings (SSSR count). The molecule has 1 nitrogen and oxygen atoms in total. The Morgan fingerprint density at radius 3 is 2.43 bits per heavy atom. The van der Waals surface area contributed by atoms with Gasteiger partial charge >= 0.3 is 0 Å². The zero-order valence-corrected chi connectivity index (χ0v) is 10.9. The minimum Gasteiger partial charge on any atom is -0.396 e. The number of rotatable bonds is 8. The van der Waals surface area contributed by atoms with Crippen molar-refractivity contribution in [1.82, 2.24) is 0 Å². The molecule has 0 saturated carbocycles. The molecule has 0 aliphatic carbocycles. The fraction of sp³-hybridized carbons (Fsp3) is 0.833. The monoisotopic (exact) mass is 213 g/mol. The molecule has 14 heavy (non-hydrogen) atoms. The molecule has 1 N–H and O–H groups in total. The van der Waals surface area contributed by atoms with Crippen LogP contribution in [0.1, 0.15) is 39.0 Å². The number of hydrogen-bond acceptors (Lipinski definition) is 1. The van der Waals surface area contributed by atoms with Crippen molar-refractivity contribution in [3.8, 4) is 0 Å². The normalized spacial score (nSPS) is 14.1. The van der Waals surface area contributed by atoms with Crippen LogP contribution in [0.25, 0.3) is 0 Å². The van der Waals surface area contributed by atoms with Gasteiger partial charge in [-0.05, 0) is 18.8 Å².